The topological polar surface area (TPSA) is 120 Å². The summed E-state index contributed by atoms with van der Waals surface area (Å²) in [6, 6.07) is 1.44. The fourth-order valence-electron chi connectivity index (χ4n) is 3.00. The molecule has 8 nitrogen and oxygen atoms in total. The molecule has 0 amide bonds. The Bertz CT molecular complexity index is 572. The van der Waals surface area contributed by atoms with E-state index in [1.54, 1.807) is 0 Å². The summed E-state index contributed by atoms with van der Waals surface area (Å²) in [6.45, 7) is 0.191. The van der Waals surface area contributed by atoms with Crippen LogP contribution in [0.25, 0.3) is 0 Å². The molecule has 4 atom stereocenters. The van der Waals surface area contributed by atoms with Crippen LogP contribution >= 0.6 is 0 Å². The lowest BCUT2D eigenvalue weighted by Crippen LogP contribution is -2.36. The van der Waals surface area contributed by atoms with Gasteiger partial charge in [-0.3, -0.25) is 4.57 Å². The summed E-state index contributed by atoms with van der Waals surface area (Å²) in [4.78, 5) is 15.4. The van der Waals surface area contributed by atoms with Crippen molar-refractivity contribution in [3.8, 4) is 0 Å². The molecule has 2 fully saturated rings. The first kappa shape index (κ1) is 15.4. The number of aliphatic hydroxyl groups is 2. The number of aliphatic hydroxyl groups excluding tert-OH is 2. The number of hydrogen-bond acceptors (Lipinski definition) is 7. The van der Waals surface area contributed by atoms with Crippen LogP contribution in [-0.2, 0) is 9.47 Å². The molecule has 0 spiro atoms. The fraction of sp³-hybridized carbons (Fsp3) is 0.714. The third-order valence-electron chi connectivity index (χ3n) is 4.26. The van der Waals surface area contributed by atoms with Gasteiger partial charge in [0.2, 0.25) is 0 Å². The second-order valence-electron chi connectivity index (χ2n) is 5.83. The number of ether oxygens (including phenoxy) is 2. The van der Waals surface area contributed by atoms with E-state index in [4.69, 9.17) is 15.2 Å². The van der Waals surface area contributed by atoms with Gasteiger partial charge in [0.05, 0.1) is 12.7 Å². The van der Waals surface area contributed by atoms with Gasteiger partial charge in [0.1, 0.15) is 24.1 Å². The normalized spacial score (nSPS) is 32.6. The molecular formula is C14H21N3O5. The van der Waals surface area contributed by atoms with E-state index in [0.29, 0.717) is 0 Å². The zero-order chi connectivity index (χ0) is 15.7. The minimum absolute atomic E-state index is 0.0930. The Hall–Kier alpha value is -1.48. The quantitative estimate of drug-likeness (QED) is 0.679. The summed E-state index contributed by atoms with van der Waals surface area (Å²) in [5.74, 6) is 0.0930. The Morgan fingerprint density at radius 1 is 1.36 bits per heavy atom. The molecule has 1 saturated heterocycles. The van der Waals surface area contributed by atoms with Gasteiger partial charge in [-0.1, -0.05) is 12.8 Å². The number of nitrogen functional groups attached to an aromatic ring is 1. The summed E-state index contributed by atoms with van der Waals surface area (Å²) < 4.78 is 12.5. The Balaban J connectivity index is 1.67. The van der Waals surface area contributed by atoms with E-state index in [0.717, 1.165) is 30.3 Å². The molecule has 2 aliphatic rings. The minimum Gasteiger partial charge on any atom is -0.387 e. The van der Waals surface area contributed by atoms with Gasteiger partial charge >= 0.3 is 5.69 Å². The largest absolute Gasteiger partial charge is 0.387 e. The monoisotopic (exact) mass is 311 g/mol. The molecule has 1 aliphatic heterocycles. The number of nitrogens with zero attached hydrogens (tertiary/aromatic N) is 2. The van der Waals surface area contributed by atoms with Crippen molar-refractivity contribution in [1.29, 1.82) is 0 Å². The van der Waals surface area contributed by atoms with Crippen molar-refractivity contribution in [1.82, 2.24) is 9.55 Å². The fourth-order valence-corrected chi connectivity index (χ4v) is 3.00. The molecule has 0 aromatic carbocycles. The average Bonchev–Trinajstić information content (AvgIpc) is 3.08. The summed E-state index contributed by atoms with van der Waals surface area (Å²) in [5, 5.41) is 20.2. The third-order valence-corrected chi connectivity index (χ3v) is 4.26. The number of anilines is 1. The lowest BCUT2D eigenvalue weighted by atomic mass is 10.1. The SMILES string of the molecule is Nc1ccn([C@@H]2O[C@H](COC3CCCC3)[C@@H](O)[C@H]2O)c(=O)n1. The van der Waals surface area contributed by atoms with Gasteiger partial charge in [-0.2, -0.15) is 4.98 Å². The Morgan fingerprint density at radius 3 is 2.77 bits per heavy atom. The van der Waals surface area contributed by atoms with E-state index in [1.165, 1.54) is 12.3 Å². The third kappa shape index (κ3) is 3.00. The minimum atomic E-state index is -1.22. The van der Waals surface area contributed by atoms with Crippen molar-refractivity contribution in [2.24, 2.45) is 0 Å². The van der Waals surface area contributed by atoms with Crippen molar-refractivity contribution in [3.63, 3.8) is 0 Å². The second kappa shape index (κ2) is 6.33. The maximum atomic E-state index is 11.8. The van der Waals surface area contributed by atoms with Gasteiger partial charge in [-0.25, -0.2) is 4.79 Å². The molecule has 122 valence electrons. The molecule has 0 radical (unpaired) electrons. The predicted octanol–water partition coefficient (Wildman–Crippen LogP) is -0.596. The molecule has 0 bridgehead atoms. The van der Waals surface area contributed by atoms with E-state index in [9.17, 15) is 15.0 Å². The van der Waals surface area contributed by atoms with E-state index >= 15 is 0 Å². The van der Waals surface area contributed by atoms with Gasteiger partial charge < -0.3 is 25.4 Å². The van der Waals surface area contributed by atoms with Crippen LogP contribution in [0.5, 0.6) is 0 Å². The molecule has 0 unspecified atom stereocenters. The van der Waals surface area contributed by atoms with Crippen molar-refractivity contribution in [2.45, 2.75) is 56.3 Å². The van der Waals surface area contributed by atoms with Crippen LogP contribution in [0.15, 0.2) is 17.1 Å². The van der Waals surface area contributed by atoms with Crippen LogP contribution in [0.3, 0.4) is 0 Å². The molecule has 4 N–H and O–H groups in total. The van der Waals surface area contributed by atoms with Crippen molar-refractivity contribution in [3.05, 3.63) is 22.7 Å². The molecule has 1 saturated carbocycles. The lowest BCUT2D eigenvalue weighted by molar-refractivity contribution is -0.0818. The summed E-state index contributed by atoms with van der Waals surface area (Å²) in [5.41, 5.74) is 4.80. The highest BCUT2D eigenvalue weighted by atomic mass is 16.6. The first-order chi connectivity index (χ1) is 10.6. The number of aromatic nitrogens is 2. The lowest BCUT2D eigenvalue weighted by Gasteiger charge is -2.18. The summed E-state index contributed by atoms with van der Waals surface area (Å²) >= 11 is 0. The van der Waals surface area contributed by atoms with Gasteiger partial charge in [0.25, 0.3) is 0 Å². The first-order valence-corrected chi connectivity index (χ1v) is 7.54. The second-order valence-corrected chi connectivity index (χ2v) is 5.83. The van der Waals surface area contributed by atoms with Crippen molar-refractivity contribution in [2.75, 3.05) is 12.3 Å². The highest BCUT2D eigenvalue weighted by Crippen LogP contribution is 2.30. The molecular weight excluding hydrogens is 290 g/mol. The molecule has 2 heterocycles. The Kier molecular flexibility index (Phi) is 4.44. The Morgan fingerprint density at radius 2 is 2.09 bits per heavy atom. The summed E-state index contributed by atoms with van der Waals surface area (Å²) in [6.07, 6.45) is 1.90. The van der Waals surface area contributed by atoms with Crippen molar-refractivity contribution < 1.29 is 19.7 Å². The van der Waals surface area contributed by atoms with Crippen LogP contribution in [-0.4, -0.2) is 50.8 Å². The highest BCUT2D eigenvalue weighted by molar-refractivity contribution is 5.23. The van der Waals surface area contributed by atoms with Gasteiger partial charge in [0, 0.05) is 6.20 Å². The van der Waals surface area contributed by atoms with Crippen LogP contribution in [0.1, 0.15) is 31.9 Å². The summed E-state index contributed by atoms with van der Waals surface area (Å²) in [7, 11) is 0. The van der Waals surface area contributed by atoms with Crippen LogP contribution in [0.2, 0.25) is 0 Å². The van der Waals surface area contributed by atoms with Crippen LogP contribution in [0.4, 0.5) is 5.82 Å². The maximum absolute atomic E-state index is 11.8. The molecule has 8 heteroatoms. The van der Waals surface area contributed by atoms with E-state index in [-0.39, 0.29) is 18.5 Å². The number of hydrogen-bond donors (Lipinski definition) is 3. The molecule has 1 aromatic heterocycles. The predicted molar refractivity (Wildman–Crippen MR) is 77.0 cm³/mol. The number of nitrogens with two attached hydrogens (primary N) is 1. The van der Waals surface area contributed by atoms with Crippen LogP contribution in [0, 0.1) is 0 Å². The van der Waals surface area contributed by atoms with Gasteiger partial charge in [-0.05, 0) is 18.9 Å². The Labute approximate surface area is 127 Å². The zero-order valence-electron chi connectivity index (χ0n) is 12.2. The molecule has 3 rings (SSSR count). The smallest absolute Gasteiger partial charge is 0.351 e. The standard InChI is InChI=1S/C14H21N3O5/c15-10-5-6-17(14(20)16-10)13-12(19)11(18)9(22-13)7-21-8-3-1-2-4-8/h5-6,8-9,11-13,18-19H,1-4,7H2,(H2,15,16,20)/t9-,11-,12-,13-/m1/s1. The van der Waals surface area contributed by atoms with E-state index in [2.05, 4.69) is 4.98 Å². The van der Waals surface area contributed by atoms with Gasteiger partial charge in [0.15, 0.2) is 6.23 Å². The highest BCUT2D eigenvalue weighted by Gasteiger charge is 2.44. The van der Waals surface area contributed by atoms with Crippen LogP contribution < -0.4 is 11.4 Å². The van der Waals surface area contributed by atoms with E-state index in [1.807, 2.05) is 0 Å². The van der Waals surface area contributed by atoms with Crippen molar-refractivity contribution >= 4 is 5.82 Å². The molecule has 22 heavy (non-hydrogen) atoms. The first-order valence-electron chi connectivity index (χ1n) is 7.54. The van der Waals surface area contributed by atoms with Gasteiger partial charge in [-0.15, -0.1) is 0 Å². The zero-order valence-corrected chi connectivity index (χ0v) is 12.2. The average molecular weight is 311 g/mol. The molecule has 1 aromatic rings. The maximum Gasteiger partial charge on any atom is 0.351 e. The molecule has 1 aliphatic carbocycles. The number of rotatable bonds is 4. The van der Waals surface area contributed by atoms with E-state index < -0.39 is 30.2 Å².